The molecule has 0 aliphatic rings. The van der Waals surface area contributed by atoms with E-state index in [1.54, 1.807) is 4.52 Å². The highest BCUT2D eigenvalue weighted by Gasteiger charge is 2.12. The maximum atomic E-state index is 6.28. The van der Waals surface area contributed by atoms with Crippen LogP contribution in [0.25, 0.3) is 17.0 Å². The first-order valence-electron chi connectivity index (χ1n) is 7.52. The van der Waals surface area contributed by atoms with E-state index in [9.17, 15) is 0 Å². The molecule has 6 heteroatoms. The normalized spacial score (nSPS) is 10.9. The van der Waals surface area contributed by atoms with Gasteiger partial charge in [0.15, 0.2) is 17.3 Å². The van der Waals surface area contributed by atoms with Crippen LogP contribution >= 0.6 is 11.6 Å². The first-order valence-corrected chi connectivity index (χ1v) is 7.89. The molecule has 1 N–H and O–H groups in total. The van der Waals surface area contributed by atoms with E-state index in [2.05, 4.69) is 39.7 Å². The monoisotopic (exact) mass is 335 g/mol. The molecule has 2 aromatic carbocycles. The molecule has 0 amide bonds. The van der Waals surface area contributed by atoms with Crippen LogP contribution in [0.15, 0.2) is 60.7 Å². The van der Waals surface area contributed by atoms with E-state index in [1.807, 2.05) is 48.5 Å². The summed E-state index contributed by atoms with van der Waals surface area (Å²) in [6, 6.07) is 19.4. The lowest BCUT2D eigenvalue weighted by Gasteiger charge is -2.07. The number of aryl methyl sites for hydroxylation is 1. The molecule has 2 aromatic heterocycles. The van der Waals surface area contributed by atoms with Crippen LogP contribution in [0, 0.1) is 6.92 Å². The Morgan fingerprint density at radius 2 is 1.71 bits per heavy atom. The summed E-state index contributed by atoms with van der Waals surface area (Å²) in [5, 5.41) is 16.9. The highest BCUT2D eigenvalue weighted by atomic mass is 35.5. The number of nitrogens with one attached hydrogen (secondary N) is 1. The van der Waals surface area contributed by atoms with E-state index in [0.29, 0.717) is 22.3 Å². The number of aromatic nitrogens is 4. The van der Waals surface area contributed by atoms with Crippen LogP contribution in [-0.4, -0.2) is 19.8 Å². The van der Waals surface area contributed by atoms with Crippen molar-refractivity contribution in [3.63, 3.8) is 0 Å². The topological polar surface area (TPSA) is 55.1 Å². The van der Waals surface area contributed by atoms with Crippen molar-refractivity contribution in [3.05, 3.63) is 71.2 Å². The maximum Gasteiger partial charge on any atom is 0.186 e. The smallest absolute Gasteiger partial charge is 0.186 e. The Morgan fingerprint density at radius 1 is 0.917 bits per heavy atom. The fourth-order valence-corrected chi connectivity index (χ4v) is 2.67. The van der Waals surface area contributed by atoms with Crippen molar-refractivity contribution >= 4 is 28.8 Å². The van der Waals surface area contributed by atoms with Crippen LogP contribution in [0.1, 0.15) is 5.56 Å². The Morgan fingerprint density at radius 3 is 2.50 bits per heavy atom. The maximum absolute atomic E-state index is 6.28. The largest absolute Gasteiger partial charge is 0.339 e. The average Bonchev–Trinajstić information content (AvgIpc) is 3.00. The van der Waals surface area contributed by atoms with E-state index >= 15 is 0 Å². The molecule has 4 aromatic rings. The standard InChI is InChI=1S/C18H14ClN5/c1-12-6-8-13(9-7-12)20-16-10-11-17-21-22-18(24(17)23-16)14-4-2-3-5-15(14)19/h2-11H,1H3,(H,20,23). The first-order chi connectivity index (χ1) is 11.7. The quantitative estimate of drug-likeness (QED) is 0.599. The minimum absolute atomic E-state index is 0.614. The molecule has 4 rings (SSSR count). The summed E-state index contributed by atoms with van der Waals surface area (Å²) in [7, 11) is 0. The van der Waals surface area contributed by atoms with Crippen molar-refractivity contribution in [3.8, 4) is 11.4 Å². The van der Waals surface area contributed by atoms with E-state index in [1.165, 1.54) is 5.56 Å². The third kappa shape index (κ3) is 2.70. The van der Waals surface area contributed by atoms with Gasteiger partial charge in [-0.2, -0.15) is 4.52 Å². The van der Waals surface area contributed by atoms with Crippen molar-refractivity contribution in [2.75, 3.05) is 5.32 Å². The first kappa shape index (κ1) is 14.7. The van der Waals surface area contributed by atoms with Crippen molar-refractivity contribution in [1.29, 1.82) is 0 Å². The highest BCUT2D eigenvalue weighted by molar-refractivity contribution is 6.33. The van der Waals surface area contributed by atoms with Crippen molar-refractivity contribution < 1.29 is 0 Å². The van der Waals surface area contributed by atoms with Gasteiger partial charge < -0.3 is 5.32 Å². The summed E-state index contributed by atoms with van der Waals surface area (Å²) in [6.07, 6.45) is 0. The predicted molar refractivity (Wildman–Crippen MR) is 95.7 cm³/mol. The predicted octanol–water partition coefficient (Wildman–Crippen LogP) is 4.50. The van der Waals surface area contributed by atoms with Crippen molar-refractivity contribution in [2.24, 2.45) is 0 Å². The molecule has 0 bridgehead atoms. The van der Waals surface area contributed by atoms with Crippen molar-refractivity contribution in [2.45, 2.75) is 6.92 Å². The van der Waals surface area contributed by atoms with Gasteiger partial charge in [0.25, 0.3) is 0 Å². The van der Waals surface area contributed by atoms with Gasteiger partial charge in [-0.25, -0.2) is 0 Å². The number of hydrogen-bond acceptors (Lipinski definition) is 4. The average molecular weight is 336 g/mol. The van der Waals surface area contributed by atoms with Gasteiger partial charge in [-0.15, -0.1) is 15.3 Å². The van der Waals surface area contributed by atoms with Crippen LogP contribution in [-0.2, 0) is 0 Å². The third-order valence-corrected chi connectivity index (χ3v) is 4.03. The minimum atomic E-state index is 0.614. The summed E-state index contributed by atoms with van der Waals surface area (Å²) in [6.45, 7) is 2.06. The molecule has 5 nitrogen and oxygen atoms in total. The number of benzene rings is 2. The van der Waals surface area contributed by atoms with Crippen LogP contribution in [0.3, 0.4) is 0 Å². The molecule has 0 unspecified atom stereocenters. The zero-order valence-corrected chi connectivity index (χ0v) is 13.7. The van der Waals surface area contributed by atoms with Crippen LogP contribution in [0.4, 0.5) is 11.5 Å². The molecular formula is C18H14ClN5. The van der Waals surface area contributed by atoms with Gasteiger partial charge in [0.05, 0.1) is 5.02 Å². The Bertz CT molecular complexity index is 1010. The van der Waals surface area contributed by atoms with Crippen LogP contribution < -0.4 is 5.32 Å². The summed E-state index contributed by atoms with van der Waals surface area (Å²) in [5.41, 5.74) is 3.65. The molecule has 0 saturated carbocycles. The minimum Gasteiger partial charge on any atom is -0.339 e. The van der Waals surface area contributed by atoms with Gasteiger partial charge in [0.1, 0.15) is 0 Å². The lowest BCUT2D eigenvalue weighted by atomic mass is 10.2. The second-order valence-corrected chi connectivity index (χ2v) is 5.89. The zero-order chi connectivity index (χ0) is 16.5. The molecule has 0 radical (unpaired) electrons. The Labute approximate surface area is 143 Å². The number of anilines is 2. The molecule has 0 atom stereocenters. The molecule has 0 spiro atoms. The molecule has 118 valence electrons. The van der Waals surface area contributed by atoms with Gasteiger partial charge in [0, 0.05) is 11.3 Å². The Hall–Kier alpha value is -2.92. The van der Waals surface area contributed by atoms with Gasteiger partial charge in [-0.05, 0) is 43.3 Å². The third-order valence-electron chi connectivity index (χ3n) is 3.70. The fourth-order valence-electron chi connectivity index (χ4n) is 2.45. The zero-order valence-electron chi connectivity index (χ0n) is 12.9. The molecule has 0 aliphatic carbocycles. The second kappa shape index (κ2) is 5.94. The molecular weight excluding hydrogens is 322 g/mol. The van der Waals surface area contributed by atoms with Crippen molar-refractivity contribution in [1.82, 2.24) is 19.8 Å². The fraction of sp³-hybridized carbons (Fsp3) is 0.0556. The van der Waals surface area contributed by atoms with E-state index in [-0.39, 0.29) is 0 Å². The highest BCUT2D eigenvalue weighted by Crippen LogP contribution is 2.26. The molecule has 2 heterocycles. The lowest BCUT2D eigenvalue weighted by molar-refractivity contribution is 0.941. The molecule has 0 fully saturated rings. The van der Waals surface area contributed by atoms with Gasteiger partial charge >= 0.3 is 0 Å². The number of hydrogen-bond donors (Lipinski definition) is 1. The Kier molecular flexibility index (Phi) is 3.63. The number of halogens is 1. The molecule has 0 aliphatic heterocycles. The number of nitrogens with zero attached hydrogens (tertiary/aromatic N) is 4. The summed E-state index contributed by atoms with van der Waals surface area (Å²) < 4.78 is 1.69. The van der Waals surface area contributed by atoms with E-state index in [4.69, 9.17) is 11.6 Å². The second-order valence-electron chi connectivity index (χ2n) is 5.48. The van der Waals surface area contributed by atoms with E-state index < -0.39 is 0 Å². The van der Waals surface area contributed by atoms with Gasteiger partial charge in [0.2, 0.25) is 0 Å². The Balaban J connectivity index is 1.76. The summed E-state index contributed by atoms with van der Waals surface area (Å²) >= 11 is 6.28. The van der Waals surface area contributed by atoms with Crippen LogP contribution in [0.2, 0.25) is 5.02 Å². The number of fused-ring (bicyclic) bond motifs is 1. The lowest BCUT2D eigenvalue weighted by Crippen LogP contribution is -2.00. The van der Waals surface area contributed by atoms with Gasteiger partial charge in [-0.1, -0.05) is 41.4 Å². The molecule has 0 saturated heterocycles. The summed E-state index contributed by atoms with van der Waals surface area (Å²) in [5.74, 6) is 1.32. The number of rotatable bonds is 3. The molecule has 24 heavy (non-hydrogen) atoms. The summed E-state index contributed by atoms with van der Waals surface area (Å²) in [4.78, 5) is 0. The van der Waals surface area contributed by atoms with Gasteiger partial charge in [-0.3, -0.25) is 0 Å². The van der Waals surface area contributed by atoms with E-state index in [0.717, 1.165) is 11.3 Å². The SMILES string of the molecule is Cc1ccc(Nc2ccc3nnc(-c4ccccc4Cl)n3n2)cc1. The van der Waals surface area contributed by atoms with Crippen LogP contribution in [0.5, 0.6) is 0 Å².